The van der Waals surface area contributed by atoms with Crippen LogP contribution in [0.25, 0.3) is 0 Å². The Morgan fingerprint density at radius 3 is 2.65 bits per heavy atom. The van der Waals surface area contributed by atoms with E-state index in [0.717, 1.165) is 25.9 Å². The van der Waals surface area contributed by atoms with Gasteiger partial charge in [-0.15, -0.1) is 0 Å². The Kier molecular flexibility index (Phi) is 2.89. The van der Waals surface area contributed by atoms with Crippen molar-refractivity contribution in [3.05, 3.63) is 0 Å². The minimum absolute atomic E-state index is 0.179. The lowest BCUT2D eigenvalue weighted by Gasteiger charge is -2.26. The highest BCUT2D eigenvalue weighted by Crippen LogP contribution is 2.47. The van der Waals surface area contributed by atoms with Crippen LogP contribution in [0.2, 0.25) is 0 Å². The average Bonchev–Trinajstić information content (AvgIpc) is 2.51. The maximum atomic E-state index is 12.0. The molecule has 0 aromatic carbocycles. The summed E-state index contributed by atoms with van der Waals surface area (Å²) < 4.78 is 5.41. The van der Waals surface area contributed by atoms with E-state index in [-0.39, 0.29) is 11.5 Å². The first-order valence-electron chi connectivity index (χ1n) is 6.43. The van der Waals surface area contributed by atoms with Crippen molar-refractivity contribution in [2.75, 3.05) is 13.1 Å². The monoisotopic (exact) mass is 240 g/mol. The molecule has 1 saturated carbocycles. The van der Waals surface area contributed by atoms with E-state index in [9.17, 15) is 4.79 Å². The molecule has 2 aliphatic rings. The second-order valence-electron chi connectivity index (χ2n) is 6.91. The second kappa shape index (κ2) is 3.87. The lowest BCUT2D eigenvalue weighted by Crippen LogP contribution is -2.37. The molecule has 0 bridgehead atoms. The minimum atomic E-state index is -0.411. The fourth-order valence-electron chi connectivity index (χ4n) is 3.22. The van der Waals surface area contributed by atoms with Crippen LogP contribution in [0.1, 0.15) is 40.5 Å². The molecule has 2 rings (SSSR count). The molecule has 1 saturated heterocycles. The Balaban J connectivity index is 1.98. The van der Waals surface area contributed by atoms with Crippen molar-refractivity contribution < 1.29 is 9.53 Å². The molecule has 4 nitrogen and oxygen atoms in total. The number of nitrogens with zero attached hydrogens (tertiary/aromatic N) is 1. The molecule has 3 unspecified atom stereocenters. The zero-order chi connectivity index (χ0) is 12.8. The Bertz CT molecular complexity index is 324. The molecule has 0 radical (unpaired) electrons. The Hall–Kier alpha value is -0.770. The Morgan fingerprint density at radius 2 is 2.12 bits per heavy atom. The van der Waals surface area contributed by atoms with E-state index in [1.54, 1.807) is 0 Å². The quantitative estimate of drug-likeness (QED) is 0.704. The zero-order valence-electron chi connectivity index (χ0n) is 11.3. The van der Waals surface area contributed by atoms with Crippen molar-refractivity contribution in [3.63, 3.8) is 0 Å². The highest BCUT2D eigenvalue weighted by molar-refractivity contribution is 5.68. The molecule has 0 spiro atoms. The third kappa shape index (κ3) is 2.57. The van der Waals surface area contributed by atoms with E-state index in [2.05, 4.69) is 6.92 Å². The average molecular weight is 240 g/mol. The summed E-state index contributed by atoms with van der Waals surface area (Å²) in [4.78, 5) is 13.8. The molecule has 1 amide bonds. The van der Waals surface area contributed by atoms with Gasteiger partial charge in [0.1, 0.15) is 5.60 Å². The lowest BCUT2D eigenvalue weighted by atomic mass is 9.83. The van der Waals surface area contributed by atoms with Gasteiger partial charge in [0.2, 0.25) is 0 Å². The third-order valence-corrected chi connectivity index (χ3v) is 3.95. The standard InChI is InChI=1S/C13H24N2O2/c1-12(2,3)17-11(16)15-7-9-5-10(14)6-13(9,4)8-15/h9-10H,5-8,14H2,1-4H3. The summed E-state index contributed by atoms with van der Waals surface area (Å²) in [6.45, 7) is 9.55. The van der Waals surface area contributed by atoms with Gasteiger partial charge in [0, 0.05) is 19.1 Å². The Morgan fingerprint density at radius 1 is 1.47 bits per heavy atom. The number of hydrogen-bond acceptors (Lipinski definition) is 3. The smallest absolute Gasteiger partial charge is 0.410 e. The SMILES string of the molecule is CC(C)(C)OC(=O)N1CC2CC(N)CC2(C)C1. The van der Waals surface area contributed by atoms with Crippen molar-refractivity contribution >= 4 is 6.09 Å². The zero-order valence-corrected chi connectivity index (χ0v) is 11.3. The van der Waals surface area contributed by atoms with Crippen molar-refractivity contribution in [3.8, 4) is 0 Å². The molecule has 1 aliphatic heterocycles. The maximum absolute atomic E-state index is 12.0. The first kappa shape index (κ1) is 12.7. The number of hydrogen-bond donors (Lipinski definition) is 1. The van der Waals surface area contributed by atoms with E-state index >= 15 is 0 Å². The van der Waals surface area contributed by atoms with Crippen LogP contribution < -0.4 is 5.73 Å². The van der Waals surface area contributed by atoms with Crippen LogP contribution >= 0.6 is 0 Å². The van der Waals surface area contributed by atoms with Gasteiger partial charge in [-0.25, -0.2) is 4.79 Å². The highest BCUT2D eigenvalue weighted by Gasteiger charge is 2.50. The number of amides is 1. The van der Waals surface area contributed by atoms with E-state index in [4.69, 9.17) is 10.5 Å². The highest BCUT2D eigenvalue weighted by atomic mass is 16.6. The molecule has 2 fully saturated rings. The van der Waals surface area contributed by atoms with Crippen molar-refractivity contribution in [1.82, 2.24) is 4.90 Å². The fraction of sp³-hybridized carbons (Fsp3) is 0.923. The topological polar surface area (TPSA) is 55.6 Å². The van der Waals surface area contributed by atoms with Gasteiger partial charge in [0.25, 0.3) is 0 Å². The molecule has 1 aliphatic carbocycles. The Labute approximate surface area is 103 Å². The van der Waals surface area contributed by atoms with Crippen molar-refractivity contribution in [2.45, 2.75) is 52.2 Å². The van der Waals surface area contributed by atoms with Crippen molar-refractivity contribution in [2.24, 2.45) is 17.1 Å². The van der Waals surface area contributed by atoms with Crippen LogP contribution in [0, 0.1) is 11.3 Å². The van der Waals surface area contributed by atoms with Crippen molar-refractivity contribution in [1.29, 1.82) is 0 Å². The van der Waals surface area contributed by atoms with Gasteiger partial charge in [-0.05, 0) is 44.9 Å². The molecule has 3 atom stereocenters. The van der Waals surface area contributed by atoms with Gasteiger partial charge in [0.15, 0.2) is 0 Å². The number of carbonyl (C=O) groups excluding carboxylic acids is 1. The molecule has 98 valence electrons. The van der Waals surface area contributed by atoms with Gasteiger partial charge in [-0.1, -0.05) is 6.92 Å². The first-order chi connectivity index (χ1) is 7.70. The summed E-state index contributed by atoms with van der Waals surface area (Å²) >= 11 is 0. The number of ether oxygens (including phenoxy) is 1. The number of nitrogens with two attached hydrogens (primary N) is 1. The number of fused-ring (bicyclic) bond motifs is 1. The second-order valence-corrected chi connectivity index (χ2v) is 6.91. The predicted molar refractivity (Wildman–Crippen MR) is 66.6 cm³/mol. The third-order valence-electron chi connectivity index (χ3n) is 3.95. The predicted octanol–water partition coefficient (Wildman–Crippen LogP) is 1.98. The van der Waals surface area contributed by atoms with Crippen LogP contribution in [-0.4, -0.2) is 35.7 Å². The normalized spacial score (nSPS) is 37.1. The van der Waals surface area contributed by atoms with E-state index in [1.807, 2.05) is 25.7 Å². The summed E-state index contributed by atoms with van der Waals surface area (Å²) in [6, 6.07) is 0.311. The molecular weight excluding hydrogens is 216 g/mol. The molecule has 4 heteroatoms. The minimum Gasteiger partial charge on any atom is -0.444 e. The van der Waals surface area contributed by atoms with Gasteiger partial charge in [-0.2, -0.15) is 0 Å². The summed E-state index contributed by atoms with van der Waals surface area (Å²) in [6.07, 6.45) is 1.88. The van der Waals surface area contributed by atoms with Crippen LogP contribution in [0.5, 0.6) is 0 Å². The summed E-state index contributed by atoms with van der Waals surface area (Å²) in [7, 11) is 0. The van der Waals surface area contributed by atoms with Crippen LogP contribution in [-0.2, 0) is 4.74 Å². The van der Waals surface area contributed by atoms with E-state index < -0.39 is 5.60 Å². The number of rotatable bonds is 0. The molecule has 2 N–H and O–H groups in total. The summed E-state index contributed by atoms with van der Waals surface area (Å²) in [5, 5.41) is 0. The molecular formula is C13H24N2O2. The molecule has 0 aromatic heterocycles. The van der Waals surface area contributed by atoms with Gasteiger partial charge >= 0.3 is 6.09 Å². The van der Waals surface area contributed by atoms with Crippen LogP contribution in [0.3, 0.4) is 0 Å². The van der Waals surface area contributed by atoms with Gasteiger partial charge in [0.05, 0.1) is 0 Å². The van der Waals surface area contributed by atoms with E-state index in [1.165, 1.54) is 0 Å². The largest absolute Gasteiger partial charge is 0.444 e. The number of carbonyl (C=O) groups is 1. The van der Waals surface area contributed by atoms with Gasteiger partial charge < -0.3 is 15.4 Å². The number of likely N-dealkylation sites (tertiary alicyclic amines) is 1. The van der Waals surface area contributed by atoms with Gasteiger partial charge in [-0.3, -0.25) is 0 Å². The molecule has 1 heterocycles. The summed E-state index contributed by atoms with van der Waals surface area (Å²) in [5.41, 5.74) is 5.79. The maximum Gasteiger partial charge on any atom is 0.410 e. The molecule has 17 heavy (non-hydrogen) atoms. The van der Waals surface area contributed by atoms with Crippen LogP contribution in [0.4, 0.5) is 4.79 Å². The first-order valence-corrected chi connectivity index (χ1v) is 6.43. The lowest BCUT2D eigenvalue weighted by molar-refractivity contribution is 0.0269. The molecule has 0 aromatic rings. The van der Waals surface area contributed by atoms with E-state index in [0.29, 0.717) is 12.0 Å². The van der Waals surface area contributed by atoms with Crippen LogP contribution in [0.15, 0.2) is 0 Å². The fourth-order valence-corrected chi connectivity index (χ4v) is 3.22. The summed E-state index contributed by atoms with van der Waals surface area (Å²) in [5.74, 6) is 0.546.